The van der Waals surface area contributed by atoms with Crippen LogP contribution in [0.25, 0.3) is 22.3 Å². The highest BCUT2D eigenvalue weighted by Gasteiger charge is 2.18. The third-order valence-electron chi connectivity index (χ3n) is 5.89. The second-order valence-electron chi connectivity index (χ2n) is 8.43. The van der Waals surface area contributed by atoms with E-state index >= 15 is 0 Å². The second kappa shape index (κ2) is 11.8. The molecular formula is C28H37O+. The molecule has 3 aromatic rings. The fourth-order valence-corrected chi connectivity index (χ4v) is 4.07. The molecule has 1 heteroatoms. The number of fused-ring (bicyclic) bond motifs is 1. The van der Waals surface area contributed by atoms with E-state index in [0.717, 1.165) is 23.3 Å². The Kier molecular flexibility index (Phi) is 8.74. The third-order valence-corrected chi connectivity index (χ3v) is 5.89. The maximum Gasteiger partial charge on any atom is 0.361 e. The second-order valence-corrected chi connectivity index (χ2v) is 8.43. The van der Waals surface area contributed by atoms with E-state index in [4.69, 9.17) is 4.42 Å². The average molecular weight is 390 g/mol. The van der Waals surface area contributed by atoms with Crippen molar-refractivity contribution >= 4 is 11.0 Å². The summed E-state index contributed by atoms with van der Waals surface area (Å²) in [5.41, 5.74) is 4.85. The molecule has 0 saturated heterocycles. The van der Waals surface area contributed by atoms with Crippen molar-refractivity contribution in [1.29, 1.82) is 0 Å². The van der Waals surface area contributed by atoms with Crippen molar-refractivity contribution in [2.45, 2.75) is 84.5 Å². The first-order valence-electron chi connectivity index (χ1n) is 11.7. The topological polar surface area (TPSA) is 11.3 Å². The number of rotatable bonds is 12. The molecule has 0 fully saturated rings. The van der Waals surface area contributed by atoms with Crippen molar-refractivity contribution in [3.8, 4) is 11.3 Å². The maximum atomic E-state index is 6.23. The van der Waals surface area contributed by atoms with Crippen LogP contribution in [0.15, 0.2) is 59.0 Å². The minimum absolute atomic E-state index is 0.978. The molecule has 0 bridgehead atoms. The molecule has 3 rings (SSSR count). The average Bonchev–Trinajstić information content (AvgIpc) is 2.75. The molecule has 1 nitrogen and oxygen atoms in total. The van der Waals surface area contributed by atoms with Crippen LogP contribution in [0.2, 0.25) is 0 Å². The van der Waals surface area contributed by atoms with Crippen molar-refractivity contribution in [3.05, 3.63) is 65.7 Å². The van der Waals surface area contributed by atoms with Crippen LogP contribution in [0.3, 0.4) is 0 Å². The molecule has 0 unspecified atom stereocenters. The summed E-state index contributed by atoms with van der Waals surface area (Å²) in [6.07, 6.45) is 14.9. The van der Waals surface area contributed by atoms with E-state index in [2.05, 4.69) is 68.4 Å². The summed E-state index contributed by atoms with van der Waals surface area (Å²) >= 11 is 0. The smallest absolute Gasteiger partial charge is 0.207 e. The Labute approximate surface area is 177 Å². The standard InChI is InChI=1S/C28H37O/c1-3-4-5-6-7-8-9-10-11-12-15-25-22-28(24-20-18-23(2)19-21-24)29-27-17-14-13-16-26(25)27/h13-14,16-22H,3-12,15H2,1-2H3/q+1. The first-order chi connectivity index (χ1) is 14.3. The van der Waals surface area contributed by atoms with E-state index in [1.807, 2.05) is 0 Å². The third kappa shape index (κ3) is 6.70. The summed E-state index contributed by atoms with van der Waals surface area (Å²) < 4.78 is 6.23. The van der Waals surface area contributed by atoms with Gasteiger partial charge in [-0.05, 0) is 43.5 Å². The van der Waals surface area contributed by atoms with Crippen LogP contribution >= 0.6 is 0 Å². The monoisotopic (exact) mass is 389 g/mol. The van der Waals surface area contributed by atoms with E-state index in [1.54, 1.807) is 0 Å². The number of benzene rings is 2. The number of hydrogen-bond acceptors (Lipinski definition) is 0. The van der Waals surface area contributed by atoms with Crippen LogP contribution in [0, 0.1) is 6.92 Å². The molecule has 0 radical (unpaired) electrons. The van der Waals surface area contributed by atoms with Gasteiger partial charge in [-0.1, -0.05) is 94.5 Å². The van der Waals surface area contributed by atoms with Crippen LogP contribution in [0.4, 0.5) is 0 Å². The van der Waals surface area contributed by atoms with Gasteiger partial charge in [0.15, 0.2) is 0 Å². The molecule has 0 atom stereocenters. The fraction of sp³-hybridized carbons (Fsp3) is 0.464. The van der Waals surface area contributed by atoms with Gasteiger partial charge in [0.1, 0.15) is 0 Å². The lowest BCUT2D eigenvalue weighted by Crippen LogP contribution is -1.91. The normalized spacial score (nSPS) is 11.2. The lowest BCUT2D eigenvalue weighted by Gasteiger charge is -2.05. The molecule has 154 valence electrons. The Morgan fingerprint density at radius 1 is 0.690 bits per heavy atom. The molecule has 0 spiro atoms. The molecule has 0 aliphatic heterocycles. The van der Waals surface area contributed by atoms with Crippen molar-refractivity contribution in [2.24, 2.45) is 0 Å². The summed E-state index contributed by atoms with van der Waals surface area (Å²) in [5.74, 6) is 0.978. The molecule has 0 aliphatic rings. The molecule has 2 aromatic carbocycles. The summed E-state index contributed by atoms with van der Waals surface area (Å²) in [4.78, 5) is 0. The van der Waals surface area contributed by atoms with E-state index in [0.29, 0.717) is 0 Å². The van der Waals surface area contributed by atoms with Gasteiger partial charge in [0, 0.05) is 12.1 Å². The molecule has 1 aromatic heterocycles. The van der Waals surface area contributed by atoms with Crippen LogP contribution in [-0.2, 0) is 6.42 Å². The zero-order chi connectivity index (χ0) is 20.3. The number of aryl methyl sites for hydroxylation is 2. The lowest BCUT2D eigenvalue weighted by atomic mass is 9.99. The summed E-state index contributed by atoms with van der Waals surface area (Å²) in [5, 5.41) is 1.26. The van der Waals surface area contributed by atoms with Gasteiger partial charge in [0.05, 0.1) is 10.9 Å². The van der Waals surface area contributed by atoms with Crippen LogP contribution < -0.4 is 0 Å². The minimum Gasteiger partial charge on any atom is -0.207 e. The van der Waals surface area contributed by atoms with Gasteiger partial charge in [0.25, 0.3) is 0 Å². The van der Waals surface area contributed by atoms with Gasteiger partial charge in [-0.25, -0.2) is 4.42 Å². The van der Waals surface area contributed by atoms with Gasteiger partial charge >= 0.3 is 11.3 Å². The zero-order valence-electron chi connectivity index (χ0n) is 18.4. The minimum atomic E-state index is 0.978. The van der Waals surface area contributed by atoms with Crippen LogP contribution in [0.5, 0.6) is 0 Å². The molecule has 0 aliphatic carbocycles. The highest BCUT2D eigenvalue weighted by molar-refractivity contribution is 5.82. The van der Waals surface area contributed by atoms with Gasteiger partial charge in [-0.2, -0.15) is 0 Å². The predicted octanol–water partition coefficient (Wildman–Crippen LogP) is 9.15. The molecule has 29 heavy (non-hydrogen) atoms. The van der Waals surface area contributed by atoms with E-state index in [1.165, 1.54) is 80.7 Å². The number of unbranched alkanes of at least 4 members (excludes halogenated alkanes) is 9. The SMILES string of the molecule is CCCCCCCCCCCCc1cc(-c2ccc(C)cc2)[o+]c2ccccc12. The Balaban J connectivity index is 1.55. The molecular weight excluding hydrogens is 352 g/mol. The maximum absolute atomic E-state index is 6.23. The summed E-state index contributed by atoms with van der Waals surface area (Å²) in [6, 6.07) is 19.4. The molecule has 0 amide bonds. The van der Waals surface area contributed by atoms with E-state index < -0.39 is 0 Å². The quantitative estimate of drug-likeness (QED) is 0.222. The van der Waals surface area contributed by atoms with Gasteiger partial charge in [-0.15, -0.1) is 0 Å². The molecule has 0 saturated carbocycles. The number of hydrogen-bond donors (Lipinski definition) is 0. The zero-order valence-corrected chi connectivity index (χ0v) is 18.4. The highest BCUT2D eigenvalue weighted by Crippen LogP contribution is 2.29. The van der Waals surface area contributed by atoms with E-state index in [9.17, 15) is 0 Å². The summed E-state index contributed by atoms with van der Waals surface area (Å²) in [7, 11) is 0. The Hall–Kier alpha value is -2.15. The lowest BCUT2D eigenvalue weighted by molar-refractivity contribution is 0.556. The first kappa shape index (κ1) is 21.6. The van der Waals surface area contributed by atoms with Crippen molar-refractivity contribution in [2.75, 3.05) is 0 Å². The van der Waals surface area contributed by atoms with Crippen molar-refractivity contribution in [1.82, 2.24) is 0 Å². The van der Waals surface area contributed by atoms with Crippen LogP contribution in [0.1, 0.15) is 82.3 Å². The summed E-state index contributed by atoms with van der Waals surface area (Å²) in [6.45, 7) is 4.41. The Bertz CT molecular complexity index is 863. The Morgan fingerprint density at radius 3 is 2.00 bits per heavy atom. The highest BCUT2D eigenvalue weighted by atomic mass is 16.3. The van der Waals surface area contributed by atoms with Crippen molar-refractivity contribution < 1.29 is 4.42 Å². The largest absolute Gasteiger partial charge is 0.361 e. The van der Waals surface area contributed by atoms with Gasteiger partial charge in [-0.3, -0.25) is 0 Å². The van der Waals surface area contributed by atoms with Gasteiger partial charge < -0.3 is 0 Å². The van der Waals surface area contributed by atoms with E-state index in [-0.39, 0.29) is 0 Å². The van der Waals surface area contributed by atoms with Crippen LogP contribution in [-0.4, -0.2) is 0 Å². The molecule has 1 heterocycles. The fourth-order valence-electron chi connectivity index (χ4n) is 4.07. The predicted molar refractivity (Wildman–Crippen MR) is 126 cm³/mol. The Morgan fingerprint density at radius 2 is 1.31 bits per heavy atom. The molecule has 0 N–H and O–H groups in total. The number of para-hydroxylation sites is 1. The first-order valence-corrected chi connectivity index (χ1v) is 11.7. The van der Waals surface area contributed by atoms with Gasteiger partial charge in [0.2, 0.25) is 0 Å². The van der Waals surface area contributed by atoms with Crippen molar-refractivity contribution in [3.63, 3.8) is 0 Å².